The Bertz CT molecular complexity index is 1220. The van der Waals surface area contributed by atoms with Gasteiger partial charge in [-0.15, -0.1) is 0 Å². The number of amides is 2. The summed E-state index contributed by atoms with van der Waals surface area (Å²) in [7, 11) is 0. The molecule has 0 saturated carbocycles. The van der Waals surface area contributed by atoms with Crippen molar-refractivity contribution < 1.29 is 9.59 Å². The number of nitrogens with zero attached hydrogens (tertiary/aromatic N) is 3. The lowest BCUT2D eigenvalue weighted by atomic mass is 10.1. The Morgan fingerprint density at radius 3 is 2.67 bits per heavy atom. The van der Waals surface area contributed by atoms with Gasteiger partial charge in [-0.05, 0) is 49.1 Å². The maximum atomic E-state index is 12.7. The van der Waals surface area contributed by atoms with Gasteiger partial charge < -0.3 is 19.7 Å². The number of hydrogen-bond acceptors (Lipinski definition) is 4. The van der Waals surface area contributed by atoms with Gasteiger partial charge in [0.05, 0.1) is 0 Å². The zero-order chi connectivity index (χ0) is 23.4. The first-order chi connectivity index (χ1) is 15.9. The lowest BCUT2D eigenvalue weighted by molar-refractivity contribution is -0.132. The van der Waals surface area contributed by atoms with Crippen molar-refractivity contribution in [3.05, 3.63) is 76.7 Å². The summed E-state index contributed by atoms with van der Waals surface area (Å²) in [6, 6.07) is 17.8. The fraction of sp³-hybridized carbons (Fsp3) is 0.346. The number of pyridine rings is 1. The molecule has 2 amide bonds. The number of aryl methyl sites for hydroxylation is 1. The van der Waals surface area contributed by atoms with Crippen LogP contribution in [0.2, 0.25) is 0 Å². The molecule has 0 unspecified atom stereocenters. The predicted octanol–water partition coefficient (Wildman–Crippen LogP) is 2.55. The van der Waals surface area contributed by atoms with Crippen molar-refractivity contribution in [3.8, 4) is 0 Å². The standard InChI is InChI=1S/C26H30N4O3/c1-19-6-5-8-22(16-19)30-15-14-28(17-20(30)2)25(32)10-12-27-24(31)18-29-13-11-21-7-3-4-9-23(21)26(29)33/h3-9,11,13,16,20H,10,12,14-15,17-18H2,1-2H3,(H,27,31)/t20-/m1/s1. The number of hydrogen-bond donors (Lipinski definition) is 1. The Hall–Kier alpha value is -3.61. The number of piperazine rings is 1. The molecule has 4 rings (SSSR count). The van der Waals surface area contributed by atoms with Crippen molar-refractivity contribution in [3.63, 3.8) is 0 Å². The molecule has 1 fully saturated rings. The predicted molar refractivity (Wildman–Crippen MR) is 130 cm³/mol. The maximum absolute atomic E-state index is 12.7. The third-order valence-electron chi connectivity index (χ3n) is 6.17. The van der Waals surface area contributed by atoms with E-state index in [1.807, 2.05) is 23.1 Å². The quantitative estimate of drug-likeness (QED) is 0.632. The van der Waals surface area contributed by atoms with Crippen LogP contribution in [0, 0.1) is 6.92 Å². The Morgan fingerprint density at radius 2 is 1.88 bits per heavy atom. The van der Waals surface area contributed by atoms with Crippen molar-refractivity contribution >= 4 is 28.3 Å². The van der Waals surface area contributed by atoms with Crippen molar-refractivity contribution in [1.82, 2.24) is 14.8 Å². The average molecular weight is 447 g/mol. The van der Waals surface area contributed by atoms with Crippen LogP contribution in [0.1, 0.15) is 18.9 Å². The molecule has 1 aliphatic rings. The van der Waals surface area contributed by atoms with Crippen molar-refractivity contribution in [2.75, 3.05) is 31.1 Å². The molecule has 0 radical (unpaired) electrons. The Labute approximate surface area is 193 Å². The smallest absolute Gasteiger partial charge is 0.258 e. The first-order valence-electron chi connectivity index (χ1n) is 11.4. The van der Waals surface area contributed by atoms with E-state index in [4.69, 9.17) is 0 Å². The van der Waals surface area contributed by atoms with E-state index in [0.717, 1.165) is 11.9 Å². The van der Waals surface area contributed by atoms with Crippen LogP contribution in [0.15, 0.2) is 65.6 Å². The van der Waals surface area contributed by atoms with Gasteiger partial charge in [-0.2, -0.15) is 0 Å². The van der Waals surface area contributed by atoms with Crippen LogP contribution < -0.4 is 15.8 Å². The number of anilines is 1. The maximum Gasteiger partial charge on any atom is 0.258 e. The van der Waals surface area contributed by atoms with Gasteiger partial charge in [0.1, 0.15) is 6.54 Å². The minimum atomic E-state index is -0.280. The van der Waals surface area contributed by atoms with Crippen LogP contribution in [0.4, 0.5) is 5.69 Å². The fourth-order valence-electron chi connectivity index (χ4n) is 4.41. The number of carbonyl (C=O) groups excluding carboxylic acids is 2. The number of rotatable bonds is 6. The molecule has 1 aliphatic heterocycles. The Balaban J connectivity index is 1.25. The molecule has 0 bridgehead atoms. The third-order valence-corrected chi connectivity index (χ3v) is 6.17. The molecule has 172 valence electrons. The van der Waals surface area contributed by atoms with E-state index in [0.29, 0.717) is 18.5 Å². The summed E-state index contributed by atoms with van der Waals surface area (Å²) in [5.74, 6) is -0.244. The summed E-state index contributed by atoms with van der Waals surface area (Å²) in [4.78, 5) is 41.8. The van der Waals surface area contributed by atoms with Crippen LogP contribution in [0.5, 0.6) is 0 Å². The molecule has 33 heavy (non-hydrogen) atoms. The molecular weight excluding hydrogens is 416 g/mol. The van der Waals surface area contributed by atoms with E-state index >= 15 is 0 Å². The monoisotopic (exact) mass is 446 g/mol. The van der Waals surface area contributed by atoms with Crippen LogP contribution in [0.3, 0.4) is 0 Å². The van der Waals surface area contributed by atoms with Crippen molar-refractivity contribution in [2.24, 2.45) is 0 Å². The second-order valence-corrected chi connectivity index (χ2v) is 8.66. The third kappa shape index (κ3) is 5.25. The van der Waals surface area contributed by atoms with Crippen LogP contribution >= 0.6 is 0 Å². The molecular formula is C26H30N4O3. The van der Waals surface area contributed by atoms with Gasteiger partial charge >= 0.3 is 0 Å². The topological polar surface area (TPSA) is 74.7 Å². The Kier molecular flexibility index (Phi) is 6.77. The second-order valence-electron chi connectivity index (χ2n) is 8.66. The van der Waals surface area contributed by atoms with Gasteiger partial charge in [0.25, 0.3) is 5.56 Å². The van der Waals surface area contributed by atoms with E-state index < -0.39 is 0 Å². The summed E-state index contributed by atoms with van der Waals surface area (Å²) in [5, 5.41) is 4.21. The normalized spacial score (nSPS) is 16.1. The van der Waals surface area contributed by atoms with Crippen molar-refractivity contribution in [1.29, 1.82) is 0 Å². The zero-order valence-corrected chi connectivity index (χ0v) is 19.2. The molecule has 7 nitrogen and oxygen atoms in total. The summed E-state index contributed by atoms with van der Waals surface area (Å²) in [5.41, 5.74) is 2.21. The van der Waals surface area contributed by atoms with Gasteiger partial charge in [-0.1, -0.05) is 30.3 Å². The fourth-order valence-corrected chi connectivity index (χ4v) is 4.41. The molecule has 0 spiro atoms. The highest BCUT2D eigenvalue weighted by Crippen LogP contribution is 2.21. The molecule has 1 saturated heterocycles. The highest BCUT2D eigenvalue weighted by atomic mass is 16.2. The van der Waals surface area contributed by atoms with E-state index in [9.17, 15) is 14.4 Å². The average Bonchev–Trinajstić information content (AvgIpc) is 2.81. The minimum Gasteiger partial charge on any atom is -0.365 e. The van der Waals surface area contributed by atoms with Crippen LogP contribution in [-0.4, -0.2) is 53.5 Å². The van der Waals surface area contributed by atoms with Gasteiger partial charge in [0, 0.05) is 55.9 Å². The molecule has 2 heterocycles. The molecule has 7 heteroatoms. The van der Waals surface area contributed by atoms with Gasteiger partial charge in [-0.3, -0.25) is 14.4 Å². The first kappa shape index (κ1) is 22.6. The van der Waals surface area contributed by atoms with Crippen molar-refractivity contribution in [2.45, 2.75) is 32.9 Å². The number of fused-ring (bicyclic) bond motifs is 1. The number of benzene rings is 2. The highest BCUT2D eigenvalue weighted by molar-refractivity contribution is 5.82. The molecule has 1 aromatic heterocycles. The number of carbonyl (C=O) groups is 2. The van der Waals surface area contributed by atoms with Gasteiger partial charge in [0.2, 0.25) is 11.8 Å². The summed E-state index contributed by atoms with van der Waals surface area (Å²) in [6.45, 7) is 6.51. The van der Waals surface area contributed by atoms with Gasteiger partial charge in [-0.25, -0.2) is 0 Å². The number of nitrogens with one attached hydrogen (secondary N) is 1. The lowest BCUT2D eigenvalue weighted by Gasteiger charge is -2.41. The van der Waals surface area contributed by atoms with Crippen LogP contribution in [-0.2, 0) is 16.1 Å². The van der Waals surface area contributed by atoms with Gasteiger partial charge in [0.15, 0.2) is 0 Å². The summed E-state index contributed by atoms with van der Waals surface area (Å²) < 4.78 is 1.39. The SMILES string of the molecule is Cc1cccc(N2CCN(C(=O)CCNC(=O)Cn3ccc4ccccc4c3=O)C[C@H]2C)c1. The highest BCUT2D eigenvalue weighted by Gasteiger charge is 2.26. The zero-order valence-electron chi connectivity index (χ0n) is 19.2. The Morgan fingerprint density at radius 1 is 1.06 bits per heavy atom. The molecule has 1 atom stereocenters. The van der Waals surface area contributed by atoms with E-state index in [1.54, 1.807) is 18.3 Å². The second kappa shape index (κ2) is 9.90. The van der Waals surface area contributed by atoms with E-state index in [2.05, 4.69) is 48.3 Å². The molecule has 3 aromatic rings. The molecule has 1 N–H and O–H groups in total. The molecule has 0 aliphatic carbocycles. The summed E-state index contributed by atoms with van der Waals surface area (Å²) in [6.07, 6.45) is 1.88. The minimum absolute atomic E-state index is 0.0360. The van der Waals surface area contributed by atoms with E-state index in [1.165, 1.54) is 15.8 Å². The largest absolute Gasteiger partial charge is 0.365 e. The summed E-state index contributed by atoms with van der Waals surface area (Å²) >= 11 is 0. The lowest BCUT2D eigenvalue weighted by Crippen LogP contribution is -2.54. The van der Waals surface area contributed by atoms with E-state index in [-0.39, 0.29) is 42.9 Å². The first-order valence-corrected chi connectivity index (χ1v) is 11.4. The number of aromatic nitrogens is 1. The molecule has 2 aromatic carbocycles. The van der Waals surface area contributed by atoms with Crippen LogP contribution in [0.25, 0.3) is 10.8 Å².